The van der Waals surface area contributed by atoms with E-state index < -0.39 is 31.4 Å². The number of aromatic nitrogens is 2. The SMILES string of the molecule is COCCC(=O)OCCc1cccc2c1OP(=O)(OC[C@@H]1C=C[C@H](n3cc(C)c(=O)[nH]c3=O)O1)OC2. The van der Waals surface area contributed by atoms with Gasteiger partial charge in [-0.05, 0) is 18.6 Å². The lowest BCUT2D eigenvalue weighted by Crippen LogP contribution is -2.33. The van der Waals surface area contributed by atoms with Gasteiger partial charge < -0.3 is 18.7 Å². The Morgan fingerprint density at radius 2 is 2.08 bits per heavy atom. The number of phosphoric acid groups is 1. The predicted molar refractivity (Wildman–Crippen MR) is 126 cm³/mol. The van der Waals surface area contributed by atoms with Crippen molar-refractivity contribution in [2.24, 2.45) is 0 Å². The number of nitrogens with zero attached hydrogens (tertiary/aromatic N) is 1. The Hall–Kier alpha value is -3.02. The van der Waals surface area contributed by atoms with E-state index in [9.17, 15) is 18.9 Å². The number of benzene rings is 1. The van der Waals surface area contributed by atoms with E-state index in [1.807, 2.05) is 6.07 Å². The average molecular weight is 522 g/mol. The lowest BCUT2D eigenvalue weighted by atomic mass is 10.1. The van der Waals surface area contributed by atoms with Crippen LogP contribution in [0.25, 0.3) is 0 Å². The third-order valence-electron chi connectivity index (χ3n) is 5.53. The fourth-order valence-corrected chi connectivity index (χ4v) is 4.90. The Balaban J connectivity index is 1.34. The molecule has 2 aliphatic heterocycles. The van der Waals surface area contributed by atoms with Crippen LogP contribution in [-0.4, -0.2) is 48.6 Å². The summed E-state index contributed by atoms with van der Waals surface area (Å²) in [6.07, 6.45) is 3.82. The van der Waals surface area contributed by atoms with Crippen molar-refractivity contribution in [2.75, 3.05) is 26.9 Å². The first-order valence-corrected chi connectivity index (χ1v) is 12.7. The van der Waals surface area contributed by atoms with E-state index in [4.69, 9.17) is 27.8 Å². The molecule has 1 aromatic heterocycles. The maximum Gasteiger partial charge on any atom is 0.530 e. The molecular weight excluding hydrogens is 495 g/mol. The number of carbonyl (C=O) groups is 1. The number of rotatable bonds is 10. The van der Waals surface area contributed by atoms with Crippen LogP contribution in [0.5, 0.6) is 5.75 Å². The summed E-state index contributed by atoms with van der Waals surface area (Å²) < 4.78 is 46.8. The molecule has 2 aromatic rings. The van der Waals surface area contributed by atoms with E-state index in [-0.39, 0.29) is 38.8 Å². The van der Waals surface area contributed by atoms with Gasteiger partial charge in [-0.1, -0.05) is 24.3 Å². The third kappa shape index (κ3) is 6.21. The van der Waals surface area contributed by atoms with Crippen molar-refractivity contribution < 1.29 is 37.1 Å². The molecule has 1 aromatic carbocycles. The number of fused-ring (bicyclic) bond motifs is 1. The van der Waals surface area contributed by atoms with E-state index in [2.05, 4.69) is 4.98 Å². The van der Waals surface area contributed by atoms with Crippen LogP contribution in [0.3, 0.4) is 0 Å². The molecule has 3 atom stereocenters. The van der Waals surface area contributed by atoms with Crippen molar-refractivity contribution in [3.8, 4) is 5.75 Å². The number of para-hydroxylation sites is 1. The van der Waals surface area contributed by atoms with Gasteiger partial charge in [0.1, 0.15) is 11.9 Å². The zero-order chi connectivity index (χ0) is 25.7. The van der Waals surface area contributed by atoms with Gasteiger partial charge in [0.15, 0.2) is 6.23 Å². The molecule has 0 amide bonds. The molecule has 1 unspecified atom stereocenters. The molecule has 0 spiro atoms. The molecule has 0 radical (unpaired) electrons. The molecule has 2 aliphatic rings. The second-order valence-corrected chi connectivity index (χ2v) is 9.75. The number of methoxy groups -OCH3 is 1. The van der Waals surface area contributed by atoms with E-state index >= 15 is 0 Å². The first kappa shape index (κ1) is 26.1. The van der Waals surface area contributed by atoms with Crippen LogP contribution in [-0.2, 0) is 45.6 Å². The van der Waals surface area contributed by atoms with Gasteiger partial charge in [-0.15, -0.1) is 0 Å². The third-order valence-corrected chi connectivity index (χ3v) is 6.84. The average Bonchev–Trinajstić information content (AvgIpc) is 3.33. The fourth-order valence-electron chi connectivity index (χ4n) is 3.63. The Bertz CT molecular complexity index is 1300. The topological polar surface area (TPSA) is 144 Å². The molecule has 0 fully saturated rings. The van der Waals surface area contributed by atoms with E-state index in [1.165, 1.54) is 17.9 Å². The highest BCUT2D eigenvalue weighted by Gasteiger charge is 2.37. The minimum Gasteiger partial charge on any atom is -0.465 e. The second-order valence-electron chi connectivity index (χ2n) is 8.16. The lowest BCUT2D eigenvalue weighted by Gasteiger charge is -2.27. The van der Waals surface area contributed by atoms with E-state index in [1.54, 1.807) is 31.2 Å². The molecule has 4 rings (SSSR count). The van der Waals surface area contributed by atoms with Gasteiger partial charge >= 0.3 is 19.5 Å². The van der Waals surface area contributed by atoms with Gasteiger partial charge in [0, 0.05) is 30.9 Å². The van der Waals surface area contributed by atoms with Crippen molar-refractivity contribution in [1.82, 2.24) is 9.55 Å². The number of ether oxygens (including phenoxy) is 3. The minimum absolute atomic E-state index is 0.0180. The second kappa shape index (κ2) is 11.4. The Morgan fingerprint density at radius 1 is 1.25 bits per heavy atom. The van der Waals surface area contributed by atoms with Crippen molar-refractivity contribution in [3.05, 3.63) is 74.1 Å². The first-order valence-electron chi connectivity index (χ1n) is 11.3. The van der Waals surface area contributed by atoms with Gasteiger partial charge in [-0.3, -0.25) is 28.2 Å². The van der Waals surface area contributed by atoms with Crippen molar-refractivity contribution in [1.29, 1.82) is 0 Å². The van der Waals surface area contributed by atoms with Crippen molar-refractivity contribution in [2.45, 2.75) is 38.7 Å². The van der Waals surface area contributed by atoms with Crippen LogP contribution in [0.1, 0.15) is 29.3 Å². The van der Waals surface area contributed by atoms with Crippen LogP contribution in [0.4, 0.5) is 0 Å². The summed E-state index contributed by atoms with van der Waals surface area (Å²) in [5.41, 5.74) is 0.676. The molecule has 36 heavy (non-hydrogen) atoms. The van der Waals surface area contributed by atoms with E-state index in [0.717, 1.165) is 0 Å². The number of H-pyrrole nitrogens is 1. The number of esters is 1. The van der Waals surface area contributed by atoms with Crippen LogP contribution in [0, 0.1) is 6.92 Å². The largest absolute Gasteiger partial charge is 0.530 e. The molecule has 0 aliphatic carbocycles. The van der Waals surface area contributed by atoms with Gasteiger partial charge in [0.25, 0.3) is 5.56 Å². The number of hydrogen-bond donors (Lipinski definition) is 1. The normalized spacial score (nSPS) is 22.7. The van der Waals surface area contributed by atoms with Crippen molar-refractivity contribution >= 4 is 13.8 Å². The molecule has 12 nitrogen and oxygen atoms in total. The zero-order valence-corrected chi connectivity index (χ0v) is 20.7. The molecule has 1 N–H and O–H groups in total. The number of aryl methyl sites for hydroxylation is 1. The standard InChI is InChI=1S/C23H27N2O10P/c1-15-12-25(23(28)24-22(15)27)19-7-6-18(34-19)14-33-36(29)32-13-17-5-3-4-16(21(17)35-36)8-11-31-20(26)9-10-30-2/h3-7,12,18-19H,8-11,13-14H2,1-2H3,(H,24,27,28)/t18-,19+,36?/m0/s1. The summed E-state index contributed by atoms with van der Waals surface area (Å²) in [4.78, 5) is 37.6. The van der Waals surface area contributed by atoms with Gasteiger partial charge in [-0.25, -0.2) is 9.36 Å². The van der Waals surface area contributed by atoms with Gasteiger partial charge in [0.05, 0.1) is 32.8 Å². The van der Waals surface area contributed by atoms with Crippen LogP contribution in [0.15, 0.2) is 46.1 Å². The molecule has 194 valence electrons. The molecular formula is C23H27N2O10P. The smallest absolute Gasteiger partial charge is 0.465 e. The number of aromatic amines is 1. The van der Waals surface area contributed by atoms with Crippen LogP contribution >= 0.6 is 7.82 Å². The molecule has 3 heterocycles. The number of hydrogen-bond acceptors (Lipinski definition) is 10. The lowest BCUT2D eigenvalue weighted by molar-refractivity contribution is -0.144. The quantitative estimate of drug-likeness (QED) is 0.280. The Morgan fingerprint density at radius 3 is 2.89 bits per heavy atom. The van der Waals surface area contributed by atoms with Crippen LogP contribution in [0.2, 0.25) is 0 Å². The monoisotopic (exact) mass is 522 g/mol. The minimum atomic E-state index is -3.96. The highest BCUT2D eigenvalue weighted by molar-refractivity contribution is 7.49. The number of carbonyl (C=O) groups excluding carboxylic acids is 1. The van der Waals surface area contributed by atoms with E-state index in [0.29, 0.717) is 28.9 Å². The fraction of sp³-hybridized carbons (Fsp3) is 0.435. The molecule has 0 saturated carbocycles. The maximum atomic E-state index is 13.2. The number of phosphoric ester groups is 1. The zero-order valence-electron chi connectivity index (χ0n) is 19.8. The maximum absolute atomic E-state index is 13.2. The first-order chi connectivity index (χ1) is 17.3. The Kier molecular flexibility index (Phi) is 8.22. The predicted octanol–water partition coefficient (Wildman–Crippen LogP) is 2.15. The summed E-state index contributed by atoms with van der Waals surface area (Å²) in [6, 6.07) is 5.38. The summed E-state index contributed by atoms with van der Waals surface area (Å²) in [6.45, 7) is 1.84. The molecule has 0 bridgehead atoms. The number of nitrogens with one attached hydrogen (secondary N) is 1. The van der Waals surface area contributed by atoms with Crippen LogP contribution < -0.4 is 15.8 Å². The summed E-state index contributed by atoms with van der Waals surface area (Å²) >= 11 is 0. The molecule has 0 saturated heterocycles. The van der Waals surface area contributed by atoms with Gasteiger partial charge in [-0.2, -0.15) is 0 Å². The summed E-state index contributed by atoms with van der Waals surface area (Å²) in [7, 11) is -2.46. The van der Waals surface area contributed by atoms with Gasteiger partial charge in [0.2, 0.25) is 0 Å². The highest BCUT2D eigenvalue weighted by atomic mass is 31.2. The summed E-state index contributed by atoms with van der Waals surface area (Å²) in [5, 5.41) is 0. The summed E-state index contributed by atoms with van der Waals surface area (Å²) in [5.74, 6) is -0.00170. The Labute approximate surface area is 206 Å². The molecule has 13 heteroatoms. The van der Waals surface area contributed by atoms with Crippen molar-refractivity contribution in [3.63, 3.8) is 0 Å². The highest BCUT2D eigenvalue weighted by Crippen LogP contribution is 2.55.